The molecule has 0 radical (unpaired) electrons. The Hall–Kier alpha value is -1.41. The number of hydrogen-bond acceptors (Lipinski definition) is 3. The lowest BCUT2D eigenvalue weighted by Crippen LogP contribution is -2.32. The van der Waals surface area contributed by atoms with Crippen molar-refractivity contribution in [2.45, 2.75) is 25.0 Å². The second kappa shape index (κ2) is 5.92. The minimum atomic E-state index is -2.25. The van der Waals surface area contributed by atoms with Crippen molar-refractivity contribution in [3.05, 3.63) is 29.1 Å². The summed E-state index contributed by atoms with van der Waals surface area (Å²) in [5, 5.41) is 12.4. The Morgan fingerprint density at radius 2 is 1.50 bits per heavy atom. The van der Waals surface area contributed by atoms with Gasteiger partial charge >= 0.3 is 0 Å². The molecule has 0 bridgehead atoms. The molecule has 0 heterocycles. The van der Waals surface area contributed by atoms with Gasteiger partial charge in [0.15, 0.2) is 5.75 Å². The molecule has 1 fully saturated rings. The summed E-state index contributed by atoms with van der Waals surface area (Å²) in [5.41, 5.74) is 0. The van der Waals surface area contributed by atoms with Crippen molar-refractivity contribution in [1.82, 2.24) is 5.32 Å². The van der Waals surface area contributed by atoms with Gasteiger partial charge in [-0.05, 0) is 12.8 Å². The fourth-order valence-electron chi connectivity index (χ4n) is 1.54. The van der Waals surface area contributed by atoms with Crippen LogP contribution >= 0.6 is 0 Å². The maximum atomic E-state index is 13.2. The largest absolute Gasteiger partial charge is 0.485 e. The molecule has 20 heavy (non-hydrogen) atoms. The first kappa shape index (κ1) is 15.0. The number of aliphatic hydroxyl groups excluding tert-OH is 1. The molecule has 3 nitrogen and oxygen atoms in total. The van der Waals surface area contributed by atoms with E-state index in [9.17, 15) is 27.1 Å². The number of ether oxygens (including phenoxy) is 1. The smallest absolute Gasteiger partial charge is 0.206 e. The van der Waals surface area contributed by atoms with Crippen molar-refractivity contribution in [2.24, 2.45) is 0 Å². The predicted molar refractivity (Wildman–Crippen MR) is 58.8 cm³/mol. The van der Waals surface area contributed by atoms with E-state index < -0.39 is 47.5 Å². The summed E-state index contributed by atoms with van der Waals surface area (Å²) < 4.78 is 69.5. The third kappa shape index (κ3) is 3.18. The van der Waals surface area contributed by atoms with E-state index >= 15 is 0 Å². The van der Waals surface area contributed by atoms with Gasteiger partial charge in [0.1, 0.15) is 12.7 Å². The predicted octanol–water partition coefficient (Wildman–Crippen LogP) is 1.87. The molecular formula is C12H12F5NO2. The SMILES string of the molecule is OC(CNC1CC1)COc1c(F)c(F)c(F)c(F)c1F. The Bertz CT molecular complexity index is 478. The van der Waals surface area contributed by atoms with Gasteiger partial charge in [-0.3, -0.25) is 0 Å². The molecule has 2 N–H and O–H groups in total. The molecule has 1 atom stereocenters. The summed E-state index contributed by atoms with van der Waals surface area (Å²) in [5.74, 6) is -11.9. The molecule has 1 unspecified atom stereocenters. The summed E-state index contributed by atoms with van der Waals surface area (Å²) >= 11 is 0. The molecule has 112 valence electrons. The summed E-state index contributed by atoms with van der Waals surface area (Å²) in [6.45, 7) is -0.474. The first-order valence-corrected chi connectivity index (χ1v) is 5.97. The highest BCUT2D eigenvalue weighted by Gasteiger charge is 2.27. The van der Waals surface area contributed by atoms with Gasteiger partial charge in [0, 0.05) is 12.6 Å². The first-order valence-electron chi connectivity index (χ1n) is 5.97. The van der Waals surface area contributed by atoms with Crippen LogP contribution < -0.4 is 10.1 Å². The monoisotopic (exact) mass is 297 g/mol. The van der Waals surface area contributed by atoms with Crippen LogP contribution in [0.25, 0.3) is 0 Å². The van der Waals surface area contributed by atoms with E-state index in [1.54, 1.807) is 0 Å². The van der Waals surface area contributed by atoms with Crippen LogP contribution in [-0.2, 0) is 0 Å². The Labute approximate surface area is 111 Å². The number of rotatable bonds is 6. The van der Waals surface area contributed by atoms with Crippen LogP contribution in [0.5, 0.6) is 5.75 Å². The molecule has 1 aromatic rings. The van der Waals surface area contributed by atoms with Crippen LogP contribution in [0, 0.1) is 29.1 Å². The van der Waals surface area contributed by atoms with Gasteiger partial charge in [0.25, 0.3) is 0 Å². The lowest BCUT2D eigenvalue weighted by Gasteiger charge is -2.14. The lowest BCUT2D eigenvalue weighted by atomic mass is 10.2. The van der Waals surface area contributed by atoms with Gasteiger partial charge in [-0.2, -0.15) is 8.78 Å². The molecule has 1 aliphatic carbocycles. The van der Waals surface area contributed by atoms with Gasteiger partial charge in [-0.25, -0.2) is 13.2 Å². The van der Waals surface area contributed by atoms with Gasteiger partial charge in [0.2, 0.25) is 29.1 Å². The molecule has 0 spiro atoms. The topological polar surface area (TPSA) is 41.5 Å². The van der Waals surface area contributed by atoms with Crippen molar-refractivity contribution in [2.75, 3.05) is 13.2 Å². The number of hydrogen-bond donors (Lipinski definition) is 2. The van der Waals surface area contributed by atoms with E-state index in [0.29, 0.717) is 6.04 Å². The zero-order chi connectivity index (χ0) is 14.9. The van der Waals surface area contributed by atoms with Crippen LogP contribution in [0.2, 0.25) is 0 Å². The summed E-state index contributed by atoms with van der Waals surface area (Å²) in [4.78, 5) is 0. The maximum absolute atomic E-state index is 13.2. The molecule has 1 aliphatic rings. The highest BCUT2D eigenvalue weighted by molar-refractivity contribution is 5.29. The number of nitrogens with one attached hydrogen (secondary N) is 1. The Balaban J connectivity index is 2.01. The van der Waals surface area contributed by atoms with Crippen molar-refractivity contribution >= 4 is 0 Å². The molecule has 0 aliphatic heterocycles. The highest BCUT2D eigenvalue weighted by atomic mass is 19.2. The van der Waals surface area contributed by atoms with E-state index in [0.717, 1.165) is 12.8 Å². The van der Waals surface area contributed by atoms with Crippen LogP contribution in [0.4, 0.5) is 22.0 Å². The van der Waals surface area contributed by atoms with E-state index in [-0.39, 0.29) is 6.54 Å². The normalized spacial score (nSPS) is 16.3. The van der Waals surface area contributed by atoms with Crippen LogP contribution in [-0.4, -0.2) is 30.4 Å². The third-order valence-electron chi connectivity index (χ3n) is 2.81. The van der Waals surface area contributed by atoms with Crippen molar-refractivity contribution in [3.8, 4) is 5.75 Å². The molecular weight excluding hydrogens is 285 g/mol. The molecule has 0 aromatic heterocycles. The van der Waals surface area contributed by atoms with Crippen LogP contribution in [0.15, 0.2) is 0 Å². The minimum absolute atomic E-state index is 0.111. The Kier molecular flexibility index (Phi) is 4.44. The minimum Gasteiger partial charge on any atom is -0.485 e. The summed E-state index contributed by atoms with van der Waals surface area (Å²) in [7, 11) is 0. The van der Waals surface area contributed by atoms with Crippen molar-refractivity contribution in [3.63, 3.8) is 0 Å². The Morgan fingerprint density at radius 1 is 1.00 bits per heavy atom. The van der Waals surface area contributed by atoms with Crippen molar-refractivity contribution in [1.29, 1.82) is 0 Å². The first-order chi connectivity index (χ1) is 9.41. The average Bonchev–Trinajstić information content (AvgIpc) is 3.25. The molecule has 1 aromatic carbocycles. The fourth-order valence-corrected chi connectivity index (χ4v) is 1.54. The number of aliphatic hydroxyl groups is 1. The molecule has 1 saturated carbocycles. The fraction of sp³-hybridized carbons (Fsp3) is 0.500. The van der Waals surface area contributed by atoms with E-state index in [1.807, 2.05) is 0 Å². The van der Waals surface area contributed by atoms with Gasteiger partial charge < -0.3 is 15.2 Å². The Morgan fingerprint density at radius 3 is 2.00 bits per heavy atom. The number of halogens is 5. The molecule has 2 rings (SSSR count). The third-order valence-corrected chi connectivity index (χ3v) is 2.81. The second-order valence-electron chi connectivity index (χ2n) is 4.55. The second-order valence-corrected chi connectivity index (χ2v) is 4.55. The molecule has 0 saturated heterocycles. The quantitative estimate of drug-likeness (QED) is 0.478. The van der Waals surface area contributed by atoms with Crippen molar-refractivity contribution < 1.29 is 31.8 Å². The zero-order valence-electron chi connectivity index (χ0n) is 10.2. The van der Waals surface area contributed by atoms with E-state index in [4.69, 9.17) is 0 Å². The highest BCUT2D eigenvalue weighted by Crippen LogP contribution is 2.29. The zero-order valence-corrected chi connectivity index (χ0v) is 10.2. The summed E-state index contributed by atoms with van der Waals surface area (Å²) in [6, 6.07) is 0.304. The molecule has 8 heteroatoms. The van der Waals surface area contributed by atoms with Gasteiger partial charge in [0.05, 0.1) is 0 Å². The van der Waals surface area contributed by atoms with Gasteiger partial charge in [-0.15, -0.1) is 0 Å². The number of benzene rings is 1. The van der Waals surface area contributed by atoms with Gasteiger partial charge in [-0.1, -0.05) is 0 Å². The average molecular weight is 297 g/mol. The lowest BCUT2D eigenvalue weighted by molar-refractivity contribution is 0.0995. The van der Waals surface area contributed by atoms with Crippen LogP contribution in [0.3, 0.4) is 0 Å². The van der Waals surface area contributed by atoms with E-state index in [1.165, 1.54) is 0 Å². The maximum Gasteiger partial charge on any atom is 0.206 e. The standard InChI is InChI=1S/C12H12F5NO2/c13-7-8(14)10(16)12(11(17)9(7)15)20-4-6(19)3-18-5-1-2-5/h5-6,18-19H,1-4H2. The summed E-state index contributed by atoms with van der Waals surface area (Å²) in [6.07, 6.45) is 0.835. The van der Waals surface area contributed by atoms with E-state index in [2.05, 4.69) is 10.1 Å². The molecule has 0 amide bonds. The van der Waals surface area contributed by atoms with Crippen LogP contribution in [0.1, 0.15) is 12.8 Å².